The first-order valence-electron chi connectivity index (χ1n) is 10.1. The Balaban J connectivity index is 1.64. The summed E-state index contributed by atoms with van der Waals surface area (Å²) in [6.07, 6.45) is 3.12. The van der Waals surface area contributed by atoms with Gasteiger partial charge in [0, 0.05) is 36.0 Å². The molecule has 2 unspecified atom stereocenters. The molecule has 1 aromatic carbocycles. The molecule has 9 heteroatoms. The van der Waals surface area contributed by atoms with E-state index in [1.165, 1.54) is 16.7 Å². The minimum absolute atomic E-state index is 0.0900. The summed E-state index contributed by atoms with van der Waals surface area (Å²) in [7, 11) is -3.78. The molecule has 162 valence electrons. The maximum Gasteiger partial charge on any atom is 0.410 e. The number of amides is 1. The minimum atomic E-state index is -3.78. The molecule has 3 heterocycles. The van der Waals surface area contributed by atoms with Crippen LogP contribution in [0.1, 0.15) is 32.8 Å². The maximum atomic E-state index is 13.5. The molecule has 1 amide bonds. The Labute approximate surface area is 176 Å². The lowest BCUT2D eigenvalue weighted by molar-refractivity contribution is -0.604. The number of ether oxygens (including phenoxy) is 1. The fourth-order valence-electron chi connectivity index (χ4n) is 4.53. The number of pyridine rings is 1. The lowest BCUT2D eigenvalue weighted by atomic mass is 10.1. The van der Waals surface area contributed by atoms with Crippen LogP contribution in [0.4, 0.5) is 4.79 Å². The summed E-state index contributed by atoms with van der Waals surface area (Å²) in [6.45, 7) is 8.38. The van der Waals surface area contributed by atoms with E-state index in [0.29, 0.717) is 34.2 Å². The van der Waals surface area contributed by atoms with Crippen LogP contribution in [0.2, 0.25) is 0 Å². The van der Waals surface area contributed by atoms with E-state index in [-0.39, 0.29) is 23.4 Å². The molecule has 2 aliphatic heterocycles. The molecule has 2 aliphatic rings. The van der Waals surface area contributed by atoms with Crippen molar-refractivity contribution in [3.63, 3.8) is 0 Å². The molecule has 2 aromatic rings. The van der Waals surface area contributed by atoms with Crippen LogP contribution in [0, 0.1) is 18.0 Å². The molecule has 0 aliphatic carbocycles. The number of rotatable bonds is 2. The standard InChI is InChI=1S/C21H27N3O5S/c1-14-10-22(26)11-16-6-5-7-18(19(14)16)30(27,28)23-12-15-8-9-24(17(15)13-23)20(25)29-21(2,3)4/h5-7,10-11,15,17H,8-9,12-13H2,1-4H3. The van der Waals surface area contributed by atoms with Gasteiger partial charge >= 0.3 is 6.09 Å². The molecule has 0 bridgehead atoms. The van der Waals surface area contributed by atoms with Gasteiger partial charge < -0.3 is 14.8 Å². The molecule has 0 spiro atoms. The Bertz CT molecular complexity index is 1110. The number of benzene rings is 1. The van der Waals surface area contributed by atoms with Crippen LogP contribution >= 0.6 is 0 Å². The molecule has 1 aromatic heterocycles. The zero-order valence-corrected chi connectivity index (χ0v) is 18.5. The van der Waals surface area contributed by atoms with Crippen LogP contribution in [0.25, 0.3) is 10.8 Å². The zero-order chi connectivity index (χ0) is 21.8. The quantitative estimate of drug-likeness (QED) is 0.536. The molecular weight excluding hydrogens is 406 g/mol. The molecule has 8 nitrogen and oxygen atoms in total. The van der Waals surface area contributed by atoms with Gasteiger partial charge in [-0.25, -0.2) is 13.2 Å². The number of hydrogen-bond donors (Lipinski definition) is 0. The van der Waals surface area contributed by atoms with Gasteiger partial charge in [0.1, 0.15) is 5.60 Å². The van der Waals surface area contributed by atoms with Crippen molar-refractivity contribution in [2.24, 2.45) is 5.92 Å². The Morgan fingerprint density at radius 2 is 1.97 bits per heavy atom. The lowest BCUT2D eigenvalue weighted by Crippen LogP contribution is -2.43. The van der Waals surface area contributed by atoms with Crippen molar-refractivity contribution in [3.05, 3.63) is 41.4 Å². The van der Waals surface area contributed by atoms with Gasteiger partial charge in [-0.2, -0.15) is 9.04 Å². The van der Waals surface area contributed by atoms with Gasteiger partial charge in [0.2, 0.25) is 10.0 Å². The van der Waals surface area contributed by atoms with Gasteiger partial charge in [0.15, 0.2) is 12.4 Å². The number of carbonyl (C=O) groups is 1. The third-order valence-electron chi connectivity index (χ3n) is 5.80. The van der Waals surface area contributed by atoms with Crippen LogP contribution in [0.3, 0.4) is 0 Å². The predicted molar refractivity (Wildman–Crippen MR) is 111 cm³/mol. The first-order chi connectivity index (χ1) is 14.0. The van der Waals surface area contributed by atoms with E-state index in [4.69, 9.17) is 4.74 Å². The van der Waals surface area contributed by atoms with E-state index in [1.807, 2.05) is 20.8 Å². The number of hydrogen-bond acceptors (Lipinski definition) is 5. The van der Waals surface area contributed by atoms with Crippen molar-refractivity contribution in [1.29, 1.82) is 0 Å². The summed E-state index contributed by atoms with van der Waals surface area (Å²) in [5.74, 6) is 0.0900. The summed E-state index contributed by atoms with van der Waals surface area (Å²) in [6, 6.07) is 4.78. The van der Waals surface area contributed by atoms with Crippen molar-refractivity contribution in [2.45, 2.75) is 50.7 Å². The van der Waals surface area contributed by atoms with Crippen molar-refractivity contribution >= 4 is 26.9 Å². The van der Waals surface area contributed by atoms with E-state index in [0.717, 1.165) is 6.42 Å². The smallest absolute Gasteiger partial charge is 0.410 e. The van der Waals surface area contributed by atoms with Crippen LogP contribution in [-0.4, -0.2) is 55.0 Å². The molecule has 0 saturated carbocycles. The fraction of sp³-hybridized carbons (Fsp3) is 0.524. The normalized spacial score (nSPS) is 22.5. The van der Waals surface area contributed by atoms with Gasteiger partial charge in [0.25, 0.3) is 0 Å². The van der Waals surface area contributed by atoms with Crippen molar-refractivity contribution in [2.75, 3.05) is 19.6 Å². The second-order valence-electron chi connectivity index (χ2n) is 9.13. The van der Waals surface area contributed by atoms with Gasteiger partial charge in [-0.05, 0) is 52.2 Å². The molecule has 0 radical (unpaired) electrons. The zero-order valence-electron chi connectivity index (χ0n) is 17.7. The highest BCUT2D eigenvalue weighted by Gasteiger charge is 2.48. The highest BCUT2D eigenvalue weighted by Crippen LogP contribution is 2.37. The number of fused-ring (bicyclic) bond motifs is 2. The number of likely N-dealkylation sites (tertiary alicyclic amines) is 1. The Morgan fingerprint density at radius 3 is 2.67 bits per heavy atom. The van der Waals surface area contributed by atoms with E-state index in [2.05, 4.69) is 0 Å². The van der Waals surface area contributed by atoms with Crippen molar-refractivity contribution in [3.8, 4) is 0 Å². The Hall–Kier alpha value is -2.39. The molecule has 2 saturated heterocycles. The van der Waals surface area contributed by atoms with E-state index < -0.39 is 21.7 Å². The van der Waals surface area contributed by atoms with E-state index in [1.54, 1.807) is 30.0 Å². The van der Waals surface area contributed by atoms with Crippen LogP contribution < -0.4 is 4.73 Å². The number of sulfonamides is 1. The Kier molecular flexibility index (Phi) is 4.93. The SMILES string of the molecule is Cc1c[n+]([O-])cc2cccc(S(=O)(=O)N3CC4CCN(C(=O)OC(C)(C)C)C4C3)c12. The van der Waals surface area contributed by atoms with Crippen LogP contribution in [0.15, 0.2) is 35.5 Å². The highest BCUT2D eigenvalue weighted by atomic mass is 32.2. The topological polar surface area (TPSA) is 93.9 Å². The summed E-state index contributed by atoms with van der Waals surface area (Å²) >= 11 is 0. The molecule has 2 atom stereocenters. The van der Waals surface area contributed by atoms with Crippen molar-refractivity contribution < 1.29 is 22.7 Å². The van der Waals surface area contributed by atoms with Crippen LogP contribution in [0.5, 0.6) is 0 Å². The van der Waals surface area contributed by atoms with E-state index >= 15 is 0 Å². The summed E-state index contributed by atoms with van der Waals surface area (Å²) in [5, 5.41) is 12.9. The average Bonchev–Trinajstić information content (AvgIpc) is 3.20. The second kappa shape index (κ2) is 7.09. The fourth-order valence-corrected chi connectivity index (χ4v) is 6.33. The van der Waals surface area contributed by atoms with Gasteiger partial charge in [-0.15, -0.1) is 0 Å². The third-order valence-corrected chi connectivity index (χ3v) is 7.67. The second-order valence-corrected chi connectivity index (χ2v) is 11.0. The average molecular weight is 434 g/mol. The predicted octanol–water partition coefficient (Wildman–Crippen LogP) is 2.41. The highest BCUT2D eigenvalue weighted by molar-refractivity contribution is 7.89. The first kappa shape index (κ1) is 20.9. The summed E-state index contributed by atoms with van der Waals surface area (Å²) in [5.41, 5.74) is 0.00906. The minimum Gasteiger partial charge on any atom is -0.619 e. The number of nitrogens with zero attached hydrogens (tertiary/aromatic N) is 3. The third kappa shape index (κ3) is 3.60. The maximum absolute atomic E-state index is 13.5. The lowest BCUT2D eigenvalue weighted by Gasteiger charge is -2.28. The van der Waals surface area contributed by atoms with Crippen LogP contribution in [-0.2, 0) is 14.8 Å². The molecule has 30 heavy (non-hydrogen) atoms. The van der Waals surface area contributed by atoms with Gasteiger partial charge in [-0.3, -0.25) is 0 Å². The van der Waals surface area contributed by atoms with Crippen molar-refractivity contribution in [1.82, 2.24) is 9.21 Å². The van der Waals surface area contributed by atoms with Gasteiger partial charge in [-0.1, -0.05) is 6.07 Å². The molecule has 2 fully saturated rings. The number of carbonyl (C=O) groups excluding carboxylic acids is 1. The Morgan fingerprint density at radius 1 is 1.23 bits per heavy atom. The number of aryl methyl sites for hydroxylation is 1. The van der Waals surface area contributed by atoms with E-state index in [9.17, 15) is 18.4 Å². The molecular formula is C21H27N3O5S. The molecule has 0 N–H and O–H groups in total. The first-order valence-corrected chi connectivity index (χ1v) is 11.5. The summed E-state index contributed by atoms with van der Waals surface area (Å²) < 4.78 is 34.7. The number of aromatic nitrogens is 1. The van der Waals surface area contributed by atoms with Gasteiger partial charge in [0.05, 0.1) is 10.9 Å². The summed E-state index contributed by atoms with van der Waals surface area (Å²) in [4.78, 5) is 14.4. The molecule has 4 rings (SSSR count). The largest absolute Gasteiger partial charge is 0.619 e. The monoisotopic (exact) mass is 433 g/mol.